The van der Waals surface area contributed by atoms with Crippen LogP contribution in [-0.4, -0.2) is 17.4 Å². The van der Waals surface area contributed by atoms with Crippen molar-refractivity contribution < 1.29 is 18.8 Å². The number of rotatable bonds is 7. The van der Waals surface area contributed by atoms with Gasteiger partial charge in [-0.1, -0.05) is 13.3 Å². The molecule has 2 rings (SSSR count). The summed E-state index contributed by atoms with van der Waals surface area (Å²) in [7, 11) is 0. The molecular formula is C17H17FN2O4. The number of ether oxygens (including phenoxy) is 1. The summed E-state index contributed by atoms with van der Waals surface area (Å²) >= 11 is 0. The highest BCUT2D eigenvalue weighted by molar-refractivity contribution is 6.04. The van der Waals surface area contributed by atoms with Crippen LogP contribution in [0.3, 0.4) is 0 Å². The molecule has 2 aromatic rings. The number of anilines is 1. The first-order chi connectivity index (χ1) is 11.5. The van der Waals surface area contributed by atoms with E-state index in [2.05, 4.69) is 12.2 Å². The molecule has 1 N–H and O–H groups in total. The molecule has 0 unspecified atom stereocenters. The molecule has 0 aromatic heterocycles. The summed E-state index contributed by atoms with van der Waals surface area (Å²) in [6, 6.07) is 9.73. The smallest absolute Gasteiger partial charge is 0.306 e. The number of nitro groups is 1. The Kier molecular flexibility index (Phi) is 5.83. The van der Waals surface area contributed by atoms with Gasteiger partial charge in [-0.25, -0.2) is 0 Å². The number of hydrogen-bond acceptors (Lipinski definition) is 4. The topological polar surface area (TPSA) is 81.5 Å². The van der Waals surface area contributed by atoms with Crippen molar-refractivity contribution in [1.29, 1.82) is 0 Å². The fourth-order valence-corrected chi connectivity index (χ4v) is 1.97. The van der Waals surface area contributed by atoms with Crippen molar-refractivity contribution in [2.75, 3.05) is 11.9 Å². The fraction of sp³-hybridized carbons (Fsp3) is 0.235. The molecule has 0 spiro atoms. The van der Waals surface area contributed by atoms with Crippen LogP contribution in [0.1, 0.15) is 30.1 Å². The summed E-state index contributed by atoms with van der Waals surface area (Å²) in [5, 5.41) is 13.2. The van der Waals surface area contributed by atoms with E-state index in [0.29, 0.717) is 17.9 Å². The first kappa shape index (κ1) is 17.4. The van der Waals surface area contributed by atoms with Gasteiger partial charge in [0.25, 0.3) is 5.91 Å². The Morgan fingerprint density at radius 1 is 1.25 bits per heavy atom. The number of hydrogen-bond donors (Lipinski definition) is 1. The van der Waals surface area contributed by atoms with Crippen LogP contribution in [0, 0.1) is 15.9 Å². The zero-order valence-electron chi connectivity index (χ0n) is 13.1. The van der Waals surface area contributed by atoms with Crippen LogP contribution in [0.25, 0.3) is 0 Å². The first-order valence-electron chi connectivity index (χ1n) is 7.49. The number of nitrogens with one attached hydrogen (secondary N) is 1. The lowest BCUT2D eigenvalue weighted by Gasteiger charge is -2.08. The molecule has 0 heterocycles. The van der Waals surface area contributed by atoms with Crippen molar-refractivity contribution in [3.63, 3.8) is 0 Å². The molecule has 6 nitrogen and oxygen atoms in total. The Morgan fingerprint density at radius 2 is 1.96 bits per heavy atom. The van der Waals surface area contributed by atoms with Crippen LogP contribution in [0.5, 0.6) is 5.75 Å². The summed E-state index contributed by atoms with van der Waals surface area (Å²) < 4.78 is 18.8. The minimum atomic E-state index is -0.952. The largest absolute Gasteiger partial charge is 0.494 e. The number of carbonyl (C=O) groups excluding carboxylic acids is 1. The van der Waals surface area contributed by atoms with Crippen molar-refractivity contribution in [3.05, 3.63) is 64.0 Å². The second-order valence-corrected chi connectivity index (χ2v) is 5.10. The molecule has 0 aliphatic carbocycles. The van der Waals surface area contributed by atoms with Gasteiger partial charge in [-0.3, -0.25) is 14.9 Å². The quantitative estimate of drug-likeness (QED) is 0.469. The molecule has 0 bridgehead atoms. The molecule has 2 aromatic carbocycles. The summed E-state index contributed by atoms with van der Waals surface area (Å²) in [6.45, 7) is 2.68. The number of nitrogens with zero attached hydrogens (tertiary/aromatic N) is 1. The average molecular weight is 332 g/mol. The predicted molar refractivity (Wildman–Crippen MR) is 87.9 cm³/mol. The highest BCUT2D eigenvalue weighted by Crippen LogP contribution is 2.22. The van der Waals surface area contributed by atoms with Crippen molar-refractivity contribution in [3.8, 4) is 5.75 Å². The van der Waals surface area contributed by atoms with Gasteiger partial charge in [-0.2, -0.15) is 4.39 Å². The third-order valence-corrected chi connectivity index (χ3v) is 3.28. The van der Waals surface area contributed by atoms with Crippen molar-refractivity contribution >= 4 is 17.3 Å². The first-order valence-corrected chi connectivity index (χ1v) is 7.49. The van der Waals surface area contributed by atoms with E-state index in [9.17, 15) is 19.3 Å². The van der Waals surface area contributed by atoms with Gasteiger partial charge in [0, 0.05) is 17.3 Å². The van der Waals surface area contributed by atoms with Crippen LogP contribution < -0.4 is 10.1 Å². The van der Waals surface area contributed by atoms with Gasteiger partial charge in [-0.05, 0) is 42.8 Å². The molecule has 0 atom stereocenters. The molecule has 7 heteroatoms. The van der Waals surface area contributed by atoms with Crippen molar-refractivity contribution in [2.24, 2.45) is 0 Å². The lowest BCUT2D eigenvalue weighted by molar-refractivity contribution is -0.387. The molecule has 0 fully saturated rings. The van der Waals surface area contributed by atoms with Gasteiger partial charge >= 0.3 is 5.69 Å². The second-order valence-electron chi connectivity index (χ2n) is 5.10. The lowest BCUT2D eigenvalue weighted by Crippen LogP contribution is -2.12. The number of amides is 1. The minimum absolute atomic E-state index is 0.149. The Bertz CT molecular complexity index is 732. The Labute approximate surface area is 138 Å². The van der Waals surface area contributed by atoms with E-state index in [1.54, 1.807) is 24.3 Å². The summed E-state index contributed by atoms with van der Waals surface area (Å²) in [6.07, 6.45) is 1.98. The molecule has 0 saturated carbocycles. The van der Waals surface area contributed by atoms with Crippen molar-refractivity contribution in [2.45, 2.75) is 19.8 Å². The number of benzene rings is 2. The van der Waals surface area contributed by atoms with Gasteiger partial charge in [-0.15, -0.1) is 0 Å². The lowest BCUT2D eigenvalue weighted by atomic mass is 10.2. The van der Waals surface area contributed by atoms with Gasteiger partial charge in [0.2, 0.25) is 5.82 Å². The van der Waals surface area contributed by atoms with E-state index in [1.807, 2.05) is 0 Å². The molecule has 0 radical (unpaired) electrons. The summed E-state index contributed by atoms with van der Waals surface area (Å²) in [5.74, 6) is -0.736. The fourth-order valence-electron chi connectivity index (χ4n) is 1.97. The summed E-state index contributed by atoms with van der Waals surface area (Å²) in [5.41, 5.74) is -0.173. The zero-order valence-corrected chi connectivity index (χ0v) is 13.1. The van der Waals surface area contributed by atoms with E-state index in [0.717, 1.165) is 25.0 Å². The van der Waals surface area contributed by atoms with Crippen LogP contribution in [0.2, 0.25) is 0 Å². The maximum absolute atomic E-state index is 13.3. The maximum Gasteiger partial charge on any atom is 0.306 e. The Morgan fingerprint density at radius 3 is 2.58 bits per heavy atom. The van der Waals surface area contributed by atoms with Crippen LogP contribution >= 0.6 is 0 Å². The van der Waals surface area contributed by atoms with Crippen LogP contribution in [-0.2, 0) is 0 Å². The Balaban J connectivity index is 2.04. The number of carbonyl (C=O) groups is 1. The predicted octanol–water partition coefficient (Wildman–Crippen LogP) is 4.17. The van der Waals surface area contributed by atoms with Gasteiger partial charge in [0.1, 0.15) is 5.75 Å². The summed E-state index contributed by atoms with van der Waals surface area (Å²) in [4.78, 5) is 22.0. The number of unbranched alkanes of at least 4 members (excludes halogenated alkanes) is 1. The molecule has 24 heavy (non-hydrogen) atoms. The van der Waals surface area contributed by atoms with Gasteiger partial charge < -0.3 is 10.1 Å². The van der Waals surface area contributed by atoms with E-state index >= 15 is 0 Å². The second kappa shape index (κ2) is 8.05. The molecule has 1 amide bonds. The maximum atomic E-state index is 13.3. The van der Waals surface area contributed by atoms with E-state index < -0.39 is 22.3 Å². The van der Waals surface area contributed by atoms with E-state index in [4.69, 9.17) is 4.74 Å². The standard InChI is InChI=1S/C17H17FN2O4/c1-2-3-10-24-14-7-4-12(5-8-14)17(21)19-13-6-9-15(18)16(11-13)20(22)23/h4-9,11H,2-3,10H2,1H3,(H,19,21). The zero-order chi connectivity index (χ0) is 17.5. The van der Waals surface area contributed by atoms with Gasteiger partial charge in [0.05, 0.1) is 11.5 Å². The molecule has 126 valence electrons. The highest BCUT2D eigenvalue weighted by atomic mass is 19.1. The number of halogens is 1. The SMILES string of the molecule is CCCCOc1ccc(C(=O)Nc2ccc(F)c([N+](=O)[O-])c2)cc1. The van der Waals surface area contributed by atoms with Crippen LogP contribution in [0.15, 0.2) is 42.5 Å². The molecular weight excluding hydrogens is 315 g/mol. The average Bonchev–Trinajstić information content (AvgIpc) is 2.57. The minimum Gasteiger partial charge on any atom is -0.494 e. The third-order valence-electron chi connectivity index (χ3n) is 3.28. The molecule has 0 aliphatic heterocycles. The highest BCUT2D eigenvalue weighted by Gasteiger charge is 2.15. The molecule has 0 saturated heterocycles. The van der Waals surface area contributed by atoms with E-state index in [1.165, 1.54) is 6.07 Å². The van der Waals surface area contributed by atoms with E-state index in [-0.39, 0.29) is 5.69 Å². The van der Waals surface area contributed by atoms with Crippen LogP contribution in [0.4, 0.5) is 15.8 Å². The monoisotopic (exact) mass is 332 g/mol. The normalized spacial score (nSPS) is 10.2. The number of nitro benzene ring substituents is 1. The van der Waals surface area contributed by atoms with Gasteiger partial charge in [0.15, 0.2) is 0 Å². The Hall–Kier alpha value is -2.96. The third kappa shape index (κ3) is 4.52. The van der Waals surface area contributed by atoms with Crippen molar-refractivity contribution in [1.82, 2.24) is 0 Å². The molecule has 0 aliphatic rings.